The number of fused-ring (bicyclic) bond motifs is 1. The quantitative estimate of drug-likeness (QED) is 0.773. The third-order valence-corrected chi connectivity index (χ3v) is 3.75. The van der Waals surface area contributed by atoms with E-state index in [2.05, 4.69) is 16.0 Å². The van der Waals surface area contributed by atoms with Crippen LogP contribution in [0.1, 0.15) is 29.0 Å². The van der Waals surface area contributed by atoms with Gasteiger partial charge in [0.1, 0.15) is 11.8 Å². The molecular formula is C17H17N3O4. The summed E-state index contributed by atoms with van der Waals surface area (Å²) in [6, 6.07) is 9.54. The van der Waals surface area contributed by atoms with E-state index in [-0.39, 0.29) is 30.6 Å². The molecule has 1 aromatic carbocycles. The van der Waals surface area contributed by atoms with Gasteiger partial charge in [0.15, 0.2) is 0 Å². The highest BCUT2D eigenvalue weighted by Crippen LogP contribution is 2.19. The van der Waals surface area contributed by atoms with Crippen LogP contribution in [0.5, 0.6) is 0 Å². The smallest absolute Gasteiger partial charge is 0.254 e. The Morgan fingerprint density at radius 3 is 2.79 bits per heavy atom. The molecular weight excluding hydrogens is 310 g/mol. The summed E-state index contributed by atoms with van der Waals surface area (Å²) < 4.78 is 5.13. The maximum Gasteiger partial charge on any atom is 0.254 e. The summed E-state index contributed by atoms with van der Waals surface area (Å²) in [7, 11) is 0. The van der Waals surface area contributed by atoms with Crippen LogP contribution in [-0.2, 0) is 16.1 Å². The van der Waals surface area contributed by atoms with Crippen LogP contribution in [0.25, 0.3) is 0 Å². The number of furan rings is 1. The summed E-state index contributed by atoms with van der Waals surface area (Å²) in [5.74, 6) is -0.216. The number of hydrogen-bond donors (Lipinski definition) is 3. The highest BCUT2D eigenvalue weighted by atomic mass is 16.3. The molecule has 0 fully saturated rings. The van der Waals surface area contributed by atoms with Crippen molar-refractivity contribution in [1.82, 2.24) is 10.6 Å². The number of amides is 3. The van der Waals surface area contributed by atoms with Gasteiger partial charge < -0.3 is 20.4 Å². The summed E-state index contributed by atoms with van der Waals surface area (Å²) in [6.07, 6.45) is 1.87. The minimum absolute atomic E-state index is 0.120. The molecule has 1 atom stereocenters. The van der Waals surface area contributed by atoms with Crippen molar-refractivity contribution >= 4 is 23.4 Å². The van der Waals surface area contributed by atoms with Crippen molar-refractivity contribution in [1.29, 1.82) is 0 Å². The molecule has 1 aliphatic rings. The third-order valence-electron chi connectivity index (χ3n) is 3.75. The Kier molecular flexibility index (Phi) is 4.60. The van der Waals surface area contributed by atoms with Gasteiger partial charge in [0, 0.05) is 6.42 Å². The summed E-state index contributed by atoms with van der Waals surface area (Å²) in [4.78, 5) is 36.3. The minimum Gasteiger partial charge on any atom is -0.467 e. The molecule has 1 aliphatic heterocycles. The van der Waals surface area contributed by atoms with Gasteiger partial charge in [0.25, 0.3) is 5.91 Å². The van der Waals surface area contributed by atoms with Crippen molar-refractivity contribution in [2.24, 2.45) is 0 Å². The Bertz CT molecular complexity index is 755. The van der Waals surface area contributed by atoms with Crippen molar-refractivity contribution in [3.8, 4) is 0 Å². The lowest BCUT2D eigenvalue weighted by atomic mass is 10.1. The average molecular weight is 327 g/mol. The molecule has 0 bridgehead atoms. The standard InChI is InChI=1S/C17H17N3O4/c21-15(18-10-11-4-3-9-24-11)8-7-14-17(23)19-13-6-2-1-5-12(13)16(22)20-14/h1-6,9,14H,7-8,10H2,(H,18,21)(H,19,23)(H,20,22)/t14-/m0/s1. The molecule has 2 heterocycles. The van der Waals surface area contributed by atoms with Gasteiger partial charge in [-0.15, -0.1) is 0 Å². The van der Waals surface area contributed by atoms with E-state index < -0.39 is 6.04 Å². The van der Waals surface area contributed by atoms with Crippen molar-refractivity contribution in [2.45, 2.75) is 25.4 Å². The number of carbonyl (C=O) groups excluding carboxylic acids is 3. The van der Waals surface area contributed by atoms with E-state index in [1.165, 1.54) is 6.26 Å². The van der Waals surface area contributed by atoms with E-state index in [1.54, 1.807) is 36.4 Å². The Morgan fingerprint density at radius 1 is 1.17 bits per heavy atom. The topological polar surface area (TPSA) is 100 Å². The van der Waals surface area contributed by atoms with Crippen molar-refractivity contribution in [3.05, 3.63) is 54.0 Å². The first-order valence-electron chi connectivity index (χ1n) is 7.63. The van der Waals surface area contributed by atoms with E-state index in [0.29, 0.717) is 23.6 Å². The number of rotatable bonds is 5. The Morgan fingerprint density at radius 2 is 2.00 bits per heavy atom. The number of para-hydroxylation sites is 1. The van der Waals surface area contributed by atoms with Gasteiger partial charge in [0.05, 0.1) is 24.1 Å². The summed E-state index contributed by atoms with van der Waals surface area (Å²) in [5.41, 5.74) is 0.889. The van der Waals surface area contributed by atoms with Crippen molar-refractivity contribution < 1.29 is 18.8 Å². The number of carbonyl (C=O) groups is 3. The predicted molar refractivity (Wildman–Crippen MR) is 86.1 cm³/mol. The second-order valence-electron chi connectivity index (χ2n) is 5.46. The first kappa shape index (κ1) is 15.8. The Hall–Kier alpha value is -3.09. The van der Waals surface area contributed by atoms with Crippen molar-refractivity contribution in [3.63, 3.8) is 0 Å². The van der Waals surface area contributed by atoms with Crippen LogP contribution in [0.2, 0.25) is 0 Å². The largest absolute Gasteiger partial charge is 0.467 e. The molecule has 0 unspecified atom stereocenters. The molecule has 0 aliphatic carbocycles. The van der Waals surface area contributed by atoms with Crippen LogP contribution in [0.15, 0.2) is 47.1 Å². The average Bonchev–Trinajstić information content (AvgIpc) is 3.06. The van der Waals surface area contributed by atoms with Gasteiger partial charge in [-0.25, -0.2) is 0 Å². The molecule has 24 heavy (non-hydrogen) atoms. The lowest BCUT2D eigenvalue weighted by Gasteiger charge is -2.14. The molecule has 0 radical (unpaired) electrons. The number of benzene rings is 1. The van der Waals surface area contributed by atoms with Crippen molar-refractivity contribution in [2.75, 3.05) is 5.32 Å². The molecule has 0 saturated heterocycles. The maximum absolute atomic E-state index is 12.2. The highest BCUT2D eigenvalue weighted by Gasteiger charge is 2.27. The zero-order chi connectivity index (χ0) is 16.9. The third kappa shape index (κ3) is 3.62. The van der Waals surface area contributed by atoms with E-state index >= 15 is 0 Å². The summed E-state index contributed by atoms with van der Waals surface area (Å²) >= 11 is 0. The van der Waals surface area contributed by atoms with Gasteiger partial charge in [-0.1, -0.05) is 12.1 Å². The molecule has 3 rings (SSSR count). The SMILES string of the molecule is O=C(CC[C@@H]1NC(=O)c2ccccc2NC1=O)NCc1ccco1. The fourth-order valence-electron chi connectivity index (χ4n) is 2.48. The van der Waals surface area contributed by atoms with E-state index in [1.807, 2.05) is 0 Å². The Labute approximate surface area is 138 Å². The monoisotopic (exact) mass is 327 g/mol. The molecule has 1 aromatic heterocycles. The van der Waals surface area contributed by atoms with Crippen LogP contribution in [0, 0.1) is 0 Å². The second kappa shape index (κ2) is 6.99. The van der Waals surface area contributed by atoms with Gasteiger partial charge >= 0.3 is 0 Å². The molecule has 3 N–H and O–H groups in total. The van der Waals surface area contributed by atoms with Gasteiger partial charge in [-0.2, -0.15) is 0 Å². The Balaban J connectivity index is 1.55. The summed E-state index contributed by atoms with van der Waals surface area (Å²) in [5, 5.41) is 8.08. The first-order chi connectivity index (χ1) is 11.6. The van der Waals surface area contributed by atoms with Crippen LogP contribution in [-0.4, -0.2) is 23.8 Å². The fraction of sp³-hybridized carbons (Fsp3) is 0.235. The summed E-state index contributed by atoms with van der Waals surface area (Å²) in [6.45, 7) is 0.292. The minimum atomic E-state index is -0.751. The molecule has 124 valence electrons. The van der Waals surface area contributed by atoms with E-state index in [4.69, 9.17) is 4.42 Å². The first-order valence-corrected chi connectivity index (χ1v) is 7.63. The molecule has 0 spiro atoms. The number of nitrogens with one attached hydrogen (secondary N) is 3. The van der Waals surface area contributed by atoms with Gasteiger partial charge in [0.2, 0.25) is 11.8 Å². The van der Waals surface area contributed by atoms with Crippen LogP contribution >= 0.6 is 0 Å². The van der Waals surface area contributed by atoms with Crippen LogP contribution < -0.4 is 16.0 Å². The van der Waals surface area contributed by atoms with E-state index in [0.717, 1.165) is 0 Å². The van der Waals surface area contributed by atoms with E-state index in [9.17, 15) is 14.4 Å². The zero-order valence-electron chi connectivity index (χ0n) is 12.9. The molecule has 7 nitrogen and oxygen atoms in total. The zero-order valence-corrected chi connectivity index (χ0v) is 12.9. The second-order valence-corrected chi connectivity index (χ2v) is 5.46. The van der Waals surface area contributed by atoms with Crippen LogP contribution in [0.3, 0.4) is 0 Å². The normalized spacial score (nSPS) is 16.6. The predicted octanol–water partition coefficient (Wildman–Crippen LogP) is 1.43. The molecule has 3 amide bonds. The molecule has 7 heteroatoms. The molecule has 2 aromatic rings. The number of anilines is 1. The van der Waals surface area contributed by atoms with Gasteiger partial charge in [-0.3, -0.25) is 14.4 Å². The fourth-order valence-corrected chi connectivity index (χ4v) is 2.48. The maximum atomic E-state index is 12.2. The van der Waals surface area contributed by atoms with Crippen LogP contribution in [0.4, 0.5) is 5.69 Å². The number of hydrogen-bond acceptors (Lipinski definition) is 4. The van der Waals surface area contributed by atoms with Gasteiger partial charge in [-0.05, 0) is 30.7 Å². The lowest BCUT2D eigenvalue weighted by Crippen LogP contribution is -2.42. The lowest BCUT2D eigenvalue weighted by molar-refractivity contribution is -0.122. The molecule has 0 saturated carbocycles. The highest BCUT2D eigenvalue weighted by molar-refractivity contribution is 6.09.